The molecule has 0 spiro atoms. The molecule has 0 bridgehead atoms. The van der Waals surface area contributed by atoms with E-state index in [-0.39, 0.29) is 5.92 Å². The second-order valence-corrected chi connectivity index (χ2v) is 3.25. The molecule has 0 fully saturated rings. The maximum atomic E-state index is 10.6. The SMILES string of the molecule is Cc1cc(CC(C)C(=O)O)ccn1. The molecule has 70 valence electrons. The minimum absolute atomic E-state index is 0.332. The van der Waals surface area contributed by atoms with Gasteiger partial charge in [-0.25, -0.2) is 0 Å². The first-order chi connectivity index (χ1) is 6.09. The predicted molar refractivity (Wildman–Crippen MR) is 49.5 cm³/mol. The van der Waals surface area contributed by atoms with Gasteiger partial charge in [-0.1, -0.05) is 6.92 Å². The number of hydrogen-bond acceptors (Lipinski definition) is 2. The highest BCUT2D eigenvalue weighted by atomic mass is 16.4. The van der Waals surface area contributed by atoms with Crippen molar-refractivity contribution in [2.75, 3.05) is 0 Å². The number of rotatable bonds is 3. The van der Waals surface area contributed by atoms with Crippen LogP contribution in [0.4, 0.5) is 0 Å². The summed E-state index contributed by atoms with van der Waals surface area (Å²) < 4.78 is 0. The van der Waals surface area contributed by atoms with Gasteiger partial charge in [0.25, 0.3) is 0 Å². The average molecular weight is 179 g/mol. The Bertz CT molecular complexity index is 310. The van der Waals surface area contributed by atoms with Crippen LogP contribution in [0.1, 0.15) is 18.2 Å². The molecule has 1 aromatic rings. The van der Waals surface area contributed by atoms with Crippen molar-refractivity contribution >= 4 is 5.97 Å². The highest BCUT2D eigenvalue weighted by Crippen LogP contribution is 2.08. The predicted octanol–water partition coefficient (Wildman–Crippen LogP) is 1.65. The molecule has 3 heteroatoms. The Hall–Kier alpha value is -1.38. The Morgan fingerprint density at radius 1 is 1.69 bits per heavy atom. The van der Waals surface area contributed by atoms with Gasteiger partial charge < -0.3 is 5.11 Å². The van der Waals surface area contributed by atoms with Crippen LogP contribution in [-0.4, -0.2) is 16.1 Å². The van der Waals surface area contributed by atoms with Crippen LogP contribution in [0, 0.1) is 12.8 Å². The summed E-state index contributed by atoms with van der Waals surface area (Å²) in [5, 5.41) is 8.70. The summed E-state index contributed by atoms with van der Waals surface area (Å²) in [6.07, 6.45) is 2.28. The van der Waals surface area contributed by atoms with E-state index in [9.17, 15) is 4.79 Å². The zero-order valence-electron chi connectivity index (χ0n) is 7.82. The number of carboxylic acids is 1. The number of aryl methyl sites for hydroxylation is 1. The maximum Gasteiger partial charge on any atom is 0.306 e. The van der Waals surface area contributed by atoms with Gasteiger partial charge in [-0.2, -0.15) is 0 Å². The average Bonchev–Trinajstić information content (AvgIpc) is 2.04. The Morgan fingerprint density at radius 2 is 2.38 bits per heavy atom. The van der Waals surface area contributed by atoms with Gasteiger partial charge in [-0.15, -0.1) is 0 Å². The van der Waals surface area contributed by atoms with Crippen molar-refractivity contribution in [1.29, 1.82) is 0 Å². The highest BCUT2D eigenvalue weighted by Gasteiger charge is 2.11. The standard InChI is InChI=1S/C10H13NO2/c1-7(10(12)13)5-9-3-4-11-8(2)6-9/h3-4,6-7H,5H2,1-2H3,(H,12,13). The molecule has 13 heavy (non-hydrogen) atoms. The number of carbonyl (C=O) groups is 1. The van der Waals surface area contributed by atoms with E-state index in [2.05, 4.69) is 4.98 Å². The van der Waals surface area contributed by atoms with Gasteiger partial charge in [-0.3, -0.25) is 9.78 Å². The maximum absolute atomic E-state index is 10.6. The summed E-state index contributed by atoms with van der Waals surface area (Å²) in [6, 6.07) is 3.77. The van der Waals surface area contributed by atoms with E-state index in [1.165, 1.54) is 0 Å². The summed E-state index contributed by atoms with van der Waals surface area (Å²) in [5.41, 5.74) is 1.96. The lowest BCUT2D eigenvalue weighted by molar-refractivity contribution is -0.141. The quantitative estimate of drug-likeness (QED) is 0.767. The number of aromatic nitrogens is 1. The molecule has 0 saturated carbocycles. The highest BCUT2D eigenvalue weighted by molar-refractivity contribution is 5.69. The molecule has 1 unspecified atom stereocenters. The lowest BCUT2D eigenvalue weighted by atomic mass is 10.0. The molecule has 1 N–H and O–H groups in total. The third-order valence-corrected chi connectivity index (χ3v) is 1.92. The first kappa shape index (κ1) is 9.71. The molecular formula is C10H13NO2. The number of pyridine rings is 1. The third kappa shape index (κ3) is 2.86. The molecule has 0 aliphatic carbocycles. The Kier molecular flexibility index (Phi) is 3.01. The zero-order valence-corrected chi connectivity index (χ0v) is 7.82. The summed E-state index contributed by atoms with van der Waals surface area (Å²) in [7, 11) is 0. The van der Waals surface area contributed by atoms with E-state index in [4.69, 9.17) is 5.11 Å². The number of hydrogen-bond donors (Lipinski definition) is 1. The Morgan fingerprint density at radius 3 is 2.92 bits per heavy atom. The van der Waals surface area contributed by atoms with E-state index < -0.39 is 5.97 Å². The monoisotopic (exact) mass is 179 g/mol. The van der Waals surface area contributed by atoms with E-state index in [0.717, 1.165) is 11.3 Å². The molecular weight excluding hydrogens is 166 g/mol. The molecule has 1 aromatic heterocycles. The number of aliphatic carboxylic acids is 1. The normalized spacial score (nSPS) is 12.5. The fraction of sp³-hybridized carbons (Fsp3) is 0.400. The fourth-order valence-corrected chi connectivity index (χ4v) is 1.17. The van der Waals surface area contributed by atoms with Gasteiger partial charge in [0.1, 0.15) is 0 Å². The van der Waals surface area contributed by atoms with Gasteiger partial charge in [0.2, 0.25) is 0 Å². The van der Waals surface area contributed by atoms with Crippen molar-refractivity contribution in [1.82, 2.24) is 4.98 Å². The molecule has 0 aromatic carbocycles. The molecule has 1 rings (SSSR count). The van der Waals surface area contributed by atoms with Gasteiger partial charge in [0, 0.05) is 11.9 Å². The molecule has 0 aliphatic rings. The van der Waals surface area contributed by atoms with Crippen LogP contribution in [0.25, 0.3) is 0 Å². The van der Waals surface area contributed by atoms with E-state index in [0.29, 0.717) is 6.42 Å². The van der Waals surface area contributed by atoms with E-state index in [1.54, 1.807) is 13.1 Å². The van der Waals surface area contributed by atoms with Gasteiger partial charge in [0.15, 0.2) is 0 Å². The second-order valence-electron chi connectivity index (χ2n) is 3.25. The molecule has 0 amide bonds. The number of nitrogens with zero attached hydrogens (tertiary/aromatic N) is 1. The molecule has 0 radical (unpaired) electrons. The first-order valence-electron chi connectivity index (χ1n) is 4.24. The van der Waals surface area contributed by atoms with Crippen molar-refractivity contribution in [3.8, 4) is 0 Å². The molecule has 1 heterocycles. The zero-order chi connectivity index (χ0) is 9.84. The fourth-order valence-electron chi connectivity index (χ4n) is 1.17. The van der Waals surface area contributed by atoms with Crippen molar-refractivity contribution < 1.29 is 9.90 Å². The lowest BCUT2D eigenvalue weighted by Gasteiger charge is -2.05. The van der Waals surface area contributed by atoms with E-state index >= 15 is 0 Å². The van der Waals surface area contributed by atoms with Crippen LogP contribution in [0.5, 0.6) is 0 Å². The summed E-state index contributed by atoms with van der Waals surface area (Å²) in [6.45, 7) is 3.60. The smallest absolute Gasteiger partial charge is 0.306 e. The lowest BCUT2D eigenvalue weighted by Crippen LogP contribution is -2.12. The van der Waals surface area contributed by atoms with Crippen molar-refractivity contribution in [3.05, 3.63) is 29.6 Å². The minimum Gasteiger partial charge on any atom is -0.481 e. The first-order valence-corrected chi connectivity index (χ1v) is 4.24. The summed E-state index contributed by atoms with van der Waals surface area (Å²) in [5.74, 6) is -1.09. The van der Waals surface area contributed by atoms with Crippen molar-refractivity contribution in [3.63, 3.8) is 0 Å². The largest absolute Gasteiger partial charge is 0.481 e. The molecule has 3 nitrogen and oxygen atoms in total. The summed E-state index contributed by atoms with van der Waals surface area (Å²) >= 11 is 0. The van der Waals surface area contributed by atoms with Crippen LogP contribution in [0.2, 0.25) is 0 Å². The minimum atomic E-state index is -0.755. The van der Waals surface area contributed by atoms with Crippen LogP contribution in [0.3, 0.4) is 0 Å². The molecule has 1 atom stereocenters. The molecule has 0 saturated heterocycles. The van der Waals surface area contributed by atoms with Crippen LogP contribution >= 0.6 is 0 Å². The Labute approximate surface area is 77.4 Å². The van der Waals surface area contributed by atoms with Gasteiger partial charge >= 0.3 is 5.97 Å². The topological polar surface area (TPSA) is 50.2 Å². The van der Waals surface area contributed by atoms with Gasteiger partial charge in [0.05, 0.1) is 5.92 Å². The van der Waals surface area contributed by atoms with Gasteiger partial charge in [-0.05, 0) is 31.0 Å². The van der Waals surface area contributed by atoms with Crippen LogP contribution in [-0.2, 0) is 11.2 Å². The molecule has 0 aliphatic heterocycles. The Balaban J connectivity index is 2.69. The van der Waals surface area contributed by atoms with Crippen molar-refractivity contribution in [2.45, 2.75) is 20.3 Å². The number of carboxylic acid groups (broad SMARTS) is 1. The van der Waals surface area contributed by atoms with Crippen molar-refractivity contribution in [2.24, 2.45) is 5.92 Å². The summed E-state index contributed by atoms with van der Waals surface area (Å²) in [4.78, 5) is 14.6. The second kappa shape index (κ2) is 4.03. The van der Waals surface area contributed by atoms with E-state index in [1.807, 2.05) is 19.1 Å². The third-order valence-electron chi connectivity index (χ3n) is 1.92. The van der Waals surface area contributed by atoms with Crippen LogP contribution < -0.4 is 0 Å². The van der Waals surface area contributed by atoms with Crippen LogP contribution in [0.15, 0.2) is 18.3 Å².